The molecule has 0 spiro atoms. The number of rotatable bonds is 4. The summed E-state index contributed by atoms with van der Waals surface area (Å²) < 4.78 is 10.4. The fraction of sp³-hybridized carbons (Fsp3) is 0.278. The minimum atomic E-state index is 0. The monoisotopic (exact) mass is 374 g/mol. The lowest BCUT2D eigenvalue weighted by Crippen LogP contribution is -2.35. The molecule has 1 amide bonds. The zero-order chi connectivity index (χ0) is 17.2. The second-order valence-corrected chi connectivity index (χ2v) is 5.98. The smallest absolute Gasteiger partial charge is 0.238 e. The van der Waals surface area contributed by atoms with E-state index in [2.05, 4.69) is 10.1 Å². The number of benzene rings is 1. The molecule has 0 fully saturated rings. The summed E-state index contributed by atoms with van der Waals surface area (Å²) in [4.78, 5) is 18.7. The molecule has 0 bridgehead atoms. The van der Waals surface area contributed by atoms with Gasteiger partial charge in [-0.3, -0.25) is 4.79 Å². The van der Waals surface area contributed by atoms with Crippen LogP contribution in [0.3, 0.4) is 0 Å². The second-order valence-electron chi connectivity index (χ2n) is 5.98. The minimum Gasteiger partial charge on any atom is -0.461 e. The van der Waals surface area contributed by atoms with E-state index in [0.717, 1.165) is 29.8 Å². The molecule has 1 aromatic carbocycles. The van der Waals surface area contributed by atoms with Crippen LogP contribution in [0.15, 0.2) is 45.5 Å². The van der Waals surface area contributed by atoms with E-state index in [4.69, 9.17) is 14.7 Å². The fourth-order valence-corrected chi connectivity index (χ4v) is 3.12. The van der Waals surface area contributed by atoms with Crippen molar-refractivity contribution in [3.8, 4) is 11.6 Å². The van der Waals surface area contributed by atoms with Crippen molar-refractivity contribution >= 4 is 29.7 Å². The van der Waals surface area contributed by atoms with Gasteiger partial charge in [0.1, 0.15) is 0 Å². The number of aryl methyl sites for hydroxylation is 1. The van der Waals surface area contributed by atoms with Gasteiger partial charge in [0.15, 0.2) is 5.76 Å². The molecule has 1 aliphatic rings. The van der Waals surface area contributed by atoms with Crippen LogP contribution in [0.2, 0.25) is 0 Å². The fourth-order valence-electron chi connectivity index (χ4n) is 3.12. The van der Waals surface area contributed by atoms with Gasteiger partial charge in [0.05, 0.1) is 6.26 Å². The largest absolute Gasteiger partial charge is 0.461 e. The predicted octanol–water partition coefficient (Wildman–Crippen LogP) is 3.25. The average molecular weight is 375 g/mol. The molecule has 1 aliphatic heterocycles. The number of nitrogen functional groups attached to an aromatic ring is 1. The number of halogens is 1. The number of furan rings is 1. The minimum absolute atomic E-state index is 0. The quantitative estimate of drug-likeness (QED) is 0.704. The molecule has 0 aliphatic carbocycles. The van der Waals surface area contributed by atoms with Crippen molar-refractivity contribution in [2.75, 3.05) is 17.2 Å². The van der Waals surface area contributed by atoms with E-state index in [9.17, 15) is 4.79 Å². The van der Waals surface area contributed by atoms with Gasteiger partial charge >= 0.3 is 0 Å². The normalized spacial score (nSPS) is 13.2. The van der Waals surface area contributed by atoms with E-state index in [1.807, 2.05) is 18.2 Å². The summed E-state index contributed by atoms with van der Waals surface area (Å²) in [5.74, 6) is 1.39. The summed E-state index contributed by atoms with van der Waals surface area (Å²) in [5.41, 5.74) is 8.75. The summed E-state index contributed by atoms with van der Waals surface area (Å²) in [6.45, 7) is 0.705. The third-order valence-corrected chi connectivity index (χ3v) is 4.35. The number of carbonyl (C=O) groups is 1. The molecule has 8 heteroatoms. The zero-order valence-electron chi connectivity index (χ0n) is 14.1. The van der Waals surface area contributed by atoms with Crippen LogP contribution >= 0.6 is 12.4 Å². The summed E-state index contributed by atoms with van der Waals surface area (Å²) in [7, 11) is 0. The first-order chi connectivity index (χ1) is 12.2. The van der Waals surface area contributed by atoms with E-state index >= 15 is 0 Å². The maximum atomic E-state index is 12.7. The third-order valence-electron chi connectivity index (χ3n) is 4.35. The number of nitrogens with zero attached hydrogens (tertiary/aromatic N) is 3. The number of nitrogens with two attached hydrogens (primary N) is 1. The Labute approximate surface area is 156 Å². The molecular formula is C18H19ClN4O3. The lowest BCUT2D eigenvalue weighted by atomic mass is 9.99. The zero-order valence-corrected chi connectivity index (χ0v) is 14.9. The molecular weight excluding hydrogens is 356 g/mol. The molecule has 136 valence electrons. The van der Waals surface area contributed by atoms with Crippen molar-refractivity contribution in [2.24, 2.45) is 0 Å². The first-order valence-electron chi connectivity index (χ1n) is 8.26. The number of amides is 1. The molecule has 4 rings (SSSR count). The number of carbonyl (C=O) groups excluding carboxylic acids is 1. The van der Waals surface area contributed by atoms with Crippen molar-refractivity contribution in [1.29, 1.82) is 0 Å². The summed E-state index contributed by atoms with van der Waals surface area (Å²) in [6, 6.07) is 9.22. The average Bonchev–Trinajstić information content (AvgIpc) is 3.31. The third kappa shape index (κ3) is 3.43. The van der Waals surface area contributed by atoms with Gasteiger partial charge in [-0.05, 0) is 42.7 Å². The van der Waals surface area contributed by atoms with Crippen LogP contribution in [0.4, 0.5) is 11.4 Å². The van der Waals surface area contributed by atoms with Crippen molar-refractivity contribution < 1.29 is 13.7 Å². The van der Waals surface area contributed by atoms with Gasteiger partial charge in [-0.25, -0.2) is 0 Å². The van der Waals surface area contributed by atoms with Crippen LogP contribution in [0, 0.1) is 0 Å². The molecule has 3 heterocycles. The van der Waals surface area contributed by atoms with Crippen molar-refractivity contribution in [1.82, 2.24) is 10.1 Å². The predicted molar refractivity (Wildman–Crippen MR) is 99.1 cm³/mol. The van der Waals surface area contributed by atoms with Gasteiger partial charge in [0.2, 0.25) is 17.6 Å². The number of hydrogen-bond acceptors (Lipinski definition) is 6. The van der Waals surface area contributed by atoms with Crippen molar-refractivity contribution in [2.45, 2.75) is 25.7 Å². The molecule has 2 aromatic heterocycles. The van der Waals surface area contributed by atoms with Gasteiger partial charge in [0.25, 0.3) is 0 Å². The van der Waals surface area contributed by atoms with Gasteiger partial charge in [0, 0.05) is 30.8 Å². The Morgan fingerprint density at radius 3 is 2.96 bits per heavy atom. The summed E-state index contributed by atoms with van der Waals surface area (Å²) >= 11 is 0. The highest BCUT2D eigenvalue weighted by atomic mass is 35.5. The molecule has 3 aromatic rings. The molecule has 2 N–H and O–H groups in total. The molecule has 0 saturated carbocycles. The maximum absolute atomic E-state index is 12.7. The van der Waals surface area contributed by atoms with Crippen LogP contribution in [-0.4, -0.2) is 22.6 Å². The summed E-state index contributed by atoms with van der Waals surface area (Å²) in [6.07, 6.45) is 4.06. The standard InChI is InChI=1S/C18H18N4O3.ClH/c19-13-5-1-6-14-12(13)4-2-10-22(14)17(23)9-8-16-20-18(21-25-16)15-7-3-11-24-15;/h1,3,5-7,11H,2,4,8-10,19H2;1H. The van der Waals surface area contributed by atoms with Gasteiger partial charge < -0.3 is 19.6 Å². The number of fused-ring (bicyclic) bond motifs is 1. The van der Waals surface area contributed by atoms with E-state index in [1.54, 1.807) is 23.3 Å². The van der Waals surface area contributed by atoms with Crippen LogP contribution in [0.1, 0.15) is 24.3 Å². The lowest BCUT2D eigenvalue weighted by molar-refractivity contribution is -0.118. The molecule has 0 atom stereocenters. The van der Waals surface area contributed by atoms with Crippen LogP contribution in [0.25, 0.3) is 11.6 Å². The highest BCUT2D eigenvalue weighted by molar-refractivity contribution is 5.95. The first kappa shape index (κ1) is 18.0. The second kappa shape index (κ2) is 7.61. The SMILES string of the molecule is Cl.Nc1cccc2c1CCCN2C(=O)CCc1nc(-c2ccco2)no1. The van der Waals surface area contributed by atoms with Crippen LogP contribution < -0.4 is 10.6 Å². The Morgan fingerprint density at radius 2 is 2.15 bits per heavy atom. The topological polar surface area (TPSA) is 98.4 Å². The molecule has 0 saturated heterocycles. The number of hydrogen-bond donors (Lipinski definition) is 1. The van der Waals surface area contributed by atoms with Gasteiger partial charge in [-0.15, -0.1) is 12.4 Å². The lowest BCUT2D eigenvalue weighted by Gasteiger charge is -2.30. The van der Waals surface area contributed by atoms with Gasteiger partial charge in [-0.1, -0.05) is 11.2 Å². The molecule has 0 unspecified atom stereocenters. The molecule has 26 heavy (non-hydrogen) atoms. The van der Waals surface area contributed by atoms with Crippen LogP contribution in [-0.2, 0) is 17.6 Å². The van der Waals surface area contributed by atoms with Crippen molar-refractivity contribution in [3.63, 3.8) is 0 Å². The Morgan fingerprint density at radius 1 is 1.27 bits per heavy atom. The van der Waals surface area contributed by atoms with E-state index < -0.39 is 0 Å². The Bertz CT molecular complexity index is 892. The number of aromatic nitrogens is 2. The van der Waals surface area contributed by atoms with E-state index in [0.29, 0.717) is 36.9 Å². The molecule has 7 nitrogen and oxygen atoms in total. The van der Waals surface area contributed by atoms with E-state index in [-0.39, 0.29) is 18.3 Å². The van der Waals surface area contributed by atoms with Gasteiger partial charge in [-0.2, -0.15) is 4.98 Å². The number of anilines is 2. The Balaban J connectivity index is 0.00000196. The summed E-state index contributed by atoms with van der Waals surface area (Å²) in [5, 5.41) is 3.88. The Hall–Kier alpha value is -2.80. The van der Waals surface area contributed by atoms with Crippen LogP contribution in [0.5, 0.6) is 0 Å². The maximum Gasteiger partial charge on any atom is 0.238 e. The first-order valence-corrected chi connectivity index (χ1v) is 8.26. The Kier molecular flexibility index (Phi) is 5.27. The highest BCUT2D eigenvalue weighted by Gasteiger charge is 2.24. The van der Waals surface area contributed by atoms with E-state index in [1.165, 1.54) is 0 Å². The molecule has 0 radical (unpaired) electrons. The highest BCUT2D eigenvalue weighted by Crippen LogP contribution is 2.31. The van der Waals surface area contributed by atoms with Crippen molar-refractivity contribution in [3.05, 3.63) is 48.0 Å².